The van der Waals surface area contributed by atoms with E-state index < -0.39 is 12.7 Å². The van der Waals surface area contributed by atoms with Crippen LogP contribution in [0.2, 0.25) is 0 Å². The highest BCUT2D eigenvalue weighted by atomic mass is 16.3. The minimum Gasteiger partial charge on any atom is -0.510 e. The average molecular weight is 118 g/mol. The second kappa shape index (κ2) is 3.46. The molecule has 0 saturated heterocycles. The van der Waals surface area contributed by atoms with E-state index in [9.17, 15) is 0 Å². The monoisotopic (exact) mass is 118 g/mol. The quantitative estimate of drug-likeness (QED) is 0.440. The Bertz CT molecular complexity index is 87.7. The van der Waals surface area contributed by atoms with Crippen LogP contribution in [0.1, 0.15) is 6.92 Å². The molecule has 3 N–H and O–H groups in total. The summed E-state index contributed by atoms with van der Waals surface area (Å²) in [6, 6.07) is 0. The van der Waals surface area contributed by atoms with Crippen LogP contribution < -0.4 is 0 Å². The van der Waals surface area contributed by atoms with Crippen LogP contribution in [0.3, 0.4) is 0 Å². The molecule has 0 bridgehead atoms. The van der Waals surface area contributed by atoms with Crippen molar-refractivity contribution in [2.75, 3.05) is 6.61 Å². The van der Waals surface area contributed by atoms with Gasteiger partial charge in [-0.3, -0.25) is 0 Å². The molecule has 3 heteroatoms. The second-order valence-corrected chi connectivity index (χ2v) is 1.41. The van der Waals surface area contributed by atoms with Crippen LogP contribution in [0.15, 0.2) is 11.8 Å². The van der Waals surface area contributed by atoms with Gasteiger partial charge >= 0.3 is 0 Å². The zero-order valence-electron chi connectivity index (χ0n) is 4.70. The zero-order chi connectivity index (χ0) is 6.57. The van der Waals surface area contributed by atoms with E-state index in [1.54, 1.807) is 6.92 Å². The fourth-order valence-electron chi connectivity index (χ4n) is 0.286. The maximum atomic E-state index is 8.58. The molecular weight excluding hydrogens is 108 g/mol. The number of aliphatic hydroxyl groups excluding tert-OH is 3. The van der Waals surface area contributed by atoms with E-state index in [0.717, 1.165) is 0 Å². The van der Waals surface area contributed by atoms with Crippen LogP contribution in [0, 0.1) is 0 Å². The first-order chi connectivity index (χ1) is 3.72. The highest BCUT2D eigenvalue weighted by Gasteiger charge is 2.03. The van der Waals surface area contributed by atoms with Crippen molar-refractivity contribution in [3.63, 3.8) is 0 Å². The molecule has 0 radical (unpaired) electrons. The number of rotatable bonds is 2. The van der Waals surface area contributed by atoms with Gasteiger partial charge in [0.15, 0.2) is 0 Å². The van der Waals surface area contributed by atoms with Gasteiger partial charge in [-0.15, -0.1) is 0 Å². The Hall–Kier alpha value is -0.540. The molecule has 0 aliphatic heterocycles. The van der Waals surface area contributed by atoms with Gasteiger partial charge < -0.3 is 15.3 Å². The minimum atomic E-state index is -1.11. The van der Waals surface area contributed by atoms with Crippen molar-refractivity contribution < 1.29 is 15.3 Å². The van der Waals surface area contributed by atoms with Crippen molar-refractivity contribution >= 4 is 0 Å². The molecule has 0 aliphatic carbocycles. The van der Waals surface area contributed by atoms with Gasteiger partial charge in [0.2, 0.25) is 0 Å². The van der Waals surface area contributed by atoms with Crippen molar-refractivity contribution in [1.29, 1.82) is 0 Å². The molecule has 0 aromatic rings. The number of allylic oxidation sites excluding steroid dienone is 1. The van der Waals surface area contributed by atoms with Crippen molar-refractivity contribution in [2.45, 2.75) is 13.0 Å². The third-order valence-corrected chi connectivity index (χ3v) is 0.810. The first kappa shape index (κ1) is 7.46. The molecule has 0 aliphatic rings. The van der Waals surface area contributed by atoms with Crippen molar-refractivity contribution in [2.24, 2.45) is 0 Å². The molecule has 1 atom stereocenters. The van der Waals surface area contributed by atoms with Gasteiger partial charge in [0, 0.05) is 0 Å². The lowest BCUT2D eigenvalue weighted by molar-refractivity contribution is 0.0869. The van der Waals surface area contributed by atoms with E-state index in [-0.39, 0.29) is 5.76 Å². The Labute approximate surface area is 47.9 Å². The Morgan fingerprint density at radius 2 is 2.25 bits per heavy atom. The highest BCUT2D eigenvalue weighted by molar-refractivity contribution is 4.94. The summed E-state index contributed by atoms with van der Waals surface area (Å²) in [4.78, 5) is 0. The predicted molar refractivity (Wildman–Crippen MR) is 29.5 cm³/mol. The lowest BCUT2D eigenvalue weighted by Crippen LogP contribution is -2.14. The summed E-state index contributed by atoms with van der Waals surface area (Å²) in [5, 5.41) is 25.3. The molecule has 0 spiro atoms. The molecule has 0 aromatic heterocycles. The standard InChI is InChI=1S/C5H10O3/c1-2-4(7)5(8)3-6/h2,5-8H,3H2,1H3. The summed E-state index contributed by atoms with van der Waals surface area (Å²) in [5.41, 5.74) is 0. The smallest absolute Gasteiger partial charge is 0.133 e. The van der Waals surface area contributed by atoms with E-state index in [2.05, 4.69) is 0 Å². The molecule has 3 nitrogen and oxygen atoms in total. The van der Waals surface area contributed by atoms with E-state index in [1.807, 2.05) is 0 Å². The van der Waals surface area contributed by atoms with Crippen LogP contribution >= 0.6 is 0 Å². The summed E-state index contributed by atoms with van der Waals surface area (Å²) >= 11 is 0. The van der Waals surface area contributed by atoms with Crippen LogP contribution in [0.25, 0.3) is 0 Å². The molecule has 48 valence electrons. The molecule has 0 saturated carbocycles. The molecule has 1 unspecified atom stereocenters. The van der Waals surface area contributed by atoms with Crippen LogP contribution in [0.5, 0.6) is 0 Å². The van der Waals surface area contributed by atoms with Gasteiger partial charge in [0.05, 0.1) is 6.61 Å². The molecule has 8 heavy (non-hydrogen) atoms. The van der Waals surface area contributed by atoms with Gasteiger partial charge in [0.25, 0.3) is 0 Å². The van der Waals surface area contributed by atoms with Crippen LogP contribution in [-0.4, -0.2) is 28.0 Å². The summed E-state index contributed by atoms with van der Waals surface area (Å²) in [6.45, 7) is 1.14. The van der Waals surface area contributed by atoms with Crippen LogP contribution in [0.4, 0.5) is 0 Å². The molecule has 0 rings (SSSR count). The molecule has 0 fully saturated rings. The summed E-state index contributed by atoms with van der Waals surface area (Å²) in [6.07, 6.45) is 0.223. The van der Waals surface area contributed by atoms with Gasteiger partial charge in [-0.05, 0) is 13.0 Å². The van der Waals surface area contributed by atoms with E-state index in [0.29, 0.717) is 0 Å². The normalized spacial score (nSPS) is 16.1. The Morgan fingerprint density at radius 3 is 2.38 bits per heavy atom. The maximum absolute atomic E-state index is 8.58. The fraction of sp³-hybridized carbons (Fsp3) is 0.600. The van der Waals surface area contributed by atoms with Crippen LogP contribution in [-0.2, 0) is 0 Å². The third kappa shape index (κ3) is 1.95. The molecule has 0 amide bonds. The molecular formula is C5H10O3. The summed E-state index contributed by atoms with van der Waals surface area (Å²) in [5.74, 6) is -0.187. The first-order valence-electron chi connectivity index (χ1n) is 2.36. The average Bonchev–Trinajstić information content (AvgIpc) is 1.84. The summed E-state index contributed by atoms with van der Waals surface area (Å²) in [7, 11) is 0. The largest absolute Gasteiger partial charge is 0.510 e. The Morgan fingerprint density at radius 1 is 1.75 bits per heavy atom. The van der Waals surface area contributed by atoms with E-state index >= 15 is 0 Å². The van der Waals surface area contributed by atoms with Crippen molar-refractivity contribution in [3.8, 4) is 0 Å². The lowest BCUT2D eigenvalue weighted by atomic mass is 10.3. The van der Waals surface area contributed by atoms with Gasteiger partial charge in [-0.1, -0.05) is 0 Å². The zero-order valence-corrected chi connectivity index (χ0v) is 4.70. The van der Waals surface area contributed by atoms with Crippen molar-refractivity contribution in [3.05, 3.63) is 11.8 Å². The Kier molecular flexibility index (Phi) is 3.23. The van der Waals surface area contributed by atoms with Gasteiger partial charge in [-0.25, -0.2) is 0 Å². The van der Waals surface area contributed by atoms with Gasteiger partial charge in [0.1, 0.15) is 11.9 Å². The van der Waals surface area contributed by atoms with Gasteiger partial charge in [-0.2, -0.15) is 0 Å². The van der Waals surface area contributed by atoms with E-state index in [4.69, 9.17) is 15.3 Å². The fourth-order valence-corrected chi connectivity index (χ4v) is 0.286. The minimum absolute atomic E-state index is 0.187. The lowest BCUT2D eigenvalue weighted by Gasteiger charge is -2.02. The first-order valence-corrected chi connectivity index (χ1v) is 2.36. The topological polar surface area (TPSA) is 60.7 Å². The van der Waals surface area contributed by atoms with Crippen molar-refractivity contribution in [1.82, 2.24) is 0 Å². The SMILES string of the molecule is CC=C(O)C(O)CO. The van der Waals surface area contributed by atoms with E-state index in [1.165, 1.54) is 6.08 Å². The summed E-state index contributed by atoms with van der Waals surface area (Å²) < 4.78 is 0. The predicted octanol–water partition coefficient (Wildman–Crippen LogP) is -0.199. The maximum Gasteiger partial charge on any atom is 0.133 e. The Balaban J connectivity index is 3.63. The number of hydrogen-bond donors (Lipinski definition) is 3. The highest BCUT2D eigenvalue weighted by Crippen LogP contribution is 1.94. The second-order valence-electron chi connectivity index (χ2n) is 1.41. The number of aliphatic hydroxyl groups is 3. The number of hydrogen-bond acceptors (Lipinski definition) is 3. The molecule has 0 heterocycles. The molecule has 0 aromatic carbocycles. The third-order valence-electron chi connectivity index (χ3n) is 0.810.